The summed E-state index contributed by atoms with van der Waals surface area (Å²) < 4.78 is 29.4. The van der Waals surface area contributed by atoms with Gasteiger partial charge in [0.05, 0.1) is 10.6 Å². The maximum atomic E-state index is 11.9. The number of sulfone groups is 1. The van der Waals surface area contributed by atoms with E-state index in [1.165, 1.54) is 12.1 Å². The number of nitrogens with two attached hydrogens (primary N) is 1. The van der Waals surface area contributed by atoms with Crippen LogP contribution in [0.5, 0.6) is 0 Å². The van der Waals surface area contributed by atoms with Gasteiger partial charge in [-0.2, -0.15) is 0 Å². The summed E-state index contributed by atoms with van der Waals surface area (Å²) in [6, 6.07) is 11.9. The zero-order chi connectivity index (χ0) is 15.0. The molecule has 0 radical (unpaired) electrons. The van der Waals surface area contributed by atoms with Crippen LogP contribution in [0.4, 0.5) is 5.69 Å². The first-order chi connectivity index (χ1) is 9.99. The molecule has 21 heavy (non-hydrogen) atoms. The van der Waals surface area contributed by atoms with Crippen molar-refractivity contribution >= 4 is 26.6 Å². The van der Waals surface area contributed by atoms with Crippen molar-refractivity contribution in [3.05, 3.63) is 42.5 Å². The van der Waals surface area contributed by atoms with Gasteiger partial charge in [0.15, 0.2) is 15.4 Å². The predicted octanol–water partition coefficient (Wildman–Crippen LogP) is 2.87. The normalized spacial score (nSPS) is 11.9. The number of aromatic nitrogens is 1. The van der Waals surface area contributed by atoms with Gasteiger partial charge in [0.1, 0.15) is 5.52 Å². The number of nitrogen functional groups attached to an aromatic ring is 1. The third-order valence-electron chi connectivity index (χ3n) is 3.23. The van der Waals surface area contributed by atoms with Crippen LogP contribution >= 0.6 is 0 Å². The molecule has 6 heteroatoms. The molecule has 108 valence electrons. The van der Waals surface area contributed by atoms with Crippen LogP contribution in [-0.2, 0) is 9.84 Å². The minimum atomic E-state index is -3.25. The van der Waals surface area contributed by atoms with Gasteiger partial charge < -0.3 is 10.2 Å². The lowest BCUT2D eigenvalue weighted by molar-refractivity contribution is 0.597. The molecule has 0 aliphatic heterocycles. The molecule has 3 rings (SSSR count). The van der Waals surface area contributed by atoms with Crippen LogP contribution in [0.1, 0.15) is 6.92 Å². The van der Waals surface area contributed by atoms with Gasteiger partial charge in [0, 0.05) is 11.3 Å². The third kappa shape index (κ3) is 2.50. The van der Waals surface area contributed by atoms with E-state index in [-0.39, 0.29) is 10.6 Å². The Labute approximate surface area is 122 Å². The van der Waals surface area contributed by atoms with Crippen LogP contribution in [0, 0.1) is 0 Å². The van der Waals surface area contributed by atoms with Gasteiger partial charge in [0.25, 0.3) is 0 Å². The molecule has 5 nitrogen and oxygen atoms in total. The summed E-state index contributed by atoms with van der Waals surface area (Å²) in [5.41, 5.74) is 8.17. The van der Waals surface area contributed by atoms with E-state index in [0.29, 0.717) is 22.7 Å². The predicted molar refractivity (Wildman–Crippen MR) is 81.6 cm³/mol. The van der Waals surface area contributed by atoms with Crippen LogP contribution in [0.15, 0.2) is 51.8 Å². The molecule has 1 heterocycles. The molecule has 0 unspecified atom stereocenters. The highest BCUT2D eigenvalue weighted by molar-refractivity contribution is 7.91. The molecule has 0 fully saturated rings. The molecule has 1 aromatic heterocycles. The number of hydrogen-bond donors (Lipinski definition) is 1. The van der Waals surface area contributed by atoms with E-state index in [2.05, 4.69) is 4.98 Å². The van der Waals surface area contributed by atoms with Crippen molar-refractivity contribution in [3.8, 4) is 11.5 Å². The molecule has 0 saturated carbocycles. The minimum absolute atomic E-state index is 0.0540. The molecule has 2 N–H and O–H groups in total. The minimum Gasteiger partial charge on any atom is -0.436 e. The summed E-state index contributed by atoms with van der Waals surface area (Å²) in [6.07, 6.45) is 0. The average Bonchev–Trinajstić information content (AvgIpc) is 2.90. The number of rotatable bonds is 3. The molecule has 0 bridgehead atoms. The lowest BCUT2D eigenvalue weighted by Crippen LogP contribution is -2.03. The average molecular weight is 302 g/mol. The highest BCUT2D eigenvalue weighted by Crippen LogP contribution is 2.27. The Balaban J connectivity index is 2.13. The highest BCUT2D eigenvalue weighted by Gasteiger charge is 2.15. The summed E-state index contributed by atoms with van der Waals surface area (Å²) in [4.78, 5) is 4.60. The second-order valence-corrected chi connectivity index (χ2v) is 6.96. The van der Waals surface area contributed by atoms with Crippen LogP contribution in [0.25, 0.3) is 22.6 Å². The van der Waals surface area contributed by atoms with E-state index >= 15 is 0 Å². The maximum Gasteiger partial charge on any atom is 0.227 e. The molecule has 3 aromatic rings. The van der Waals surface area contributed by atoms with E-state index in [0.717, 1.165) is 5.56 Å². The van der Waals surface area contributed by atoms with Crippen molar-refractivity contribution in [2.45, 2.75) is 11.8 Å². The fraction of sp³-hybridized carbons (Fsp3) is 0.133. The number of anilines is 1. The maximum absolute atomic E-state index is 11.9. The van der Waals surface area contributed by atoms with Crippen molar-refractivity contribution < 1.29 is 12.8 Å². The Hall–Kier alpha value is -2.34. The van der Waals surface area contributed by atoms with Crippen molar-refractivity contribution in [1.29, 1.82) is 0 Å². The highest BCUT2D eigenvalue weighted by atomic mass is 32.2. The van der Waals surface area contributed by atoms with E-state index in [9.17, 15) is 8.42 Å². The largest absolute Gasteiger partial charge is 0.436 e. The van der Waals surface area contributed by atoms with Gasteiger partial charge in [-0.05, 0) is 36.4 Å². The van der Waals surface area contributed by atoms with Crippen molar-refractivity contribution in [3.63, 3.8) is 0 Å². The molecular formula is C15H14N2O3S. The Morgan fingerprint density at radius 3 is 2.71 bits per heavy atom. The topological polar surface area (TPSA) is 86.2 Å². The molecule has 0 spiro atoms. The zero-order valence-electron chi connectivity index (χ0n) is 11.4. The SMILES string of the molecule is CCS(=O)(=O)c1ccc2oc(-c3cccc(N)c3)nc2c1. The van der Waals surface area contributed by atoms with E-state index in [1.54, 1.807) is 25.1 Å². The van der Waals surface area contributed by atoms with E-state index in [4.69, 9.17) is 10.2 Å². The number of hydrogen-bond acceptors (Lipinski definition) is 5. The second kappa shape index (κ2) is 4.89. The Morgan fingerprint density at radius 1 is 1.19 bits per heavy atom. The van der Waals surface area contributed by atoms with Crippen LogP contribution < -0.4 is 5.73 Å². The number of oxazole rings is 1. The summed E-state index contributed by atoms with van der Waals surface area (Å²) in [7, 11) is -3.25. The number of benzene rings is 2. The third-order valence-corrected chi connectivity index (χ3v) is 4.96. The Kier molecular flexibility index (Phi) is 3.17. The first-order valence-electron chi connectivity index (χ1n) is 6.49. The molecule has 0 aliphatic carbocycles. The fourth-order valence-corrected chi connectivity index (χ4v) is 2.96. The molecule has 2 aromatic carbocycles. The van der Waals surface area contributed by atoms with Crippen molar-refractivity contribution in [2.75, 3.05) is 11.5 Å². The van der Waals surface area contributed by atoms with Gasteiger partial charge >= 0.3 is 0 Å². The number of fused-ring (bicyclic) bond motifs is 1. The van der Waals surface area contributed by atoms with Crippen molar-refractivity contribution in [1.82, 2.24) is 4.98 Å². The molecule has 0 saturated heterocycles. The Bertz CT molecular complexity index is 914. The van der Waals surface area contributed by atoms with E-state index in [1.807, 2.05) is 12.1 Å². The molecular weight excluding hydrogens is 288 g/mol. The van der Waals surface area contributed by atoms with Crippen LogP contribution in [-0.4, -0.2) is 19.2 Å². The van der Waals surface area contributed by atoms with Gasteiger partial charge in [-0.3, -0.25) is 0 Å². The van der Waals surface area contributed by atoms with Crippen molar-refractivity contribution in [2.24, 2.45) is 0 Å². The number of nitrogens with zero attached hydrogens (tertiary/aromatic N) is 1. The van der Waals surface area contributed by atoms with E-state index < -0.39 is 9.84 Å². The lowest BCUT2D eigenvalue weighted by Gasteiger charge is -1.99. The second-order valence-electron chi connectivity index (χ2n) is 4.68. The monoisotopic (exact) mass is 302 g/mol. The van der Waals surface area contributed by atoms with Gasteiger partial charge in [-0.1, -0.05) is 13.0 Å². The summed E-state index contributed by atoms with van der Waals surface area (Å²) >= 11 is 0. The quantitative estimate of drug-likeness (QED) is 0.752. The van der Waals surface area contributed by atoms with Crippen LogP contribution in [0.3, 0.4) is 0 Å². The fourth-order valence-electron chi connectivity index (χ4n) is 2.06. The molecule has 0 atom stereocenters. The van der Waals surface area contributed by atoms with Gasteiger partial charge in [-0.25, -0.2) is 13.4 Å². The summed E-state index contributed by atoms with van der Waals surface area (Å²) in [6.45, 7) is 1.61. The van der Waals surface area contributed by atoms with Crippen LogP contribution in [0.2, 0.25) is 0 Å². The summed E-state index contributed by atoms with van der Waals surface area (Å²) in [5.74, 6) is 0.474. The molecule has 0 amide bonds. The lowest BCUT2D eigenvalue weighted by atomic mass is 10.2. The summed E-state index contributed by atoms with van der Waals surface area (Å²) in [5, 5.41) is 0. The van der Waals surface area contributed by atoms with Gasteiger partial charge in [-0.15, -0.1) is 0 Å². The smallest absolute Gasteiger partial charge is 0.227 e. The first-order valence-corrected chi connectivity index (χ1v) is 8.14. The zero-order valence-corrected chi connectivity index (χ0v) is 12.2. The standard InChI is InChI=1S/C15H14N2O3S/c1-2-21(18,19)12-6-7-14-13(9-12)17-15(20-14)10-4-3-5-11(16)8-10/h3-9H,2,16H2,1H3. The molecule has 0 aliphatic rings. The Morgan fingerprint density at radius 2 is 2.00 bits per heavy atom. The van der Waals surface area contributed by atoms with Gasteiger partial charge in [0.2, 0.25) is 5.89 Å². The first kappa shape index (κ1) is 13.6.